The number of allylic oxidation sites excluding steroid dienone is 2. The summed E-state index contributed by atoms with van der Waals surface area (Å²) < 4.78 is 49.7. The van der Waals surface area contributed by atoms with Gasteiger partial charge in [0.1, 0.15) is 11.9 Å². The Morgan fingerprint density at radius 1 is 1.10 bits per heavy atom. The number of carbonyl (C=O) groups is 3. The van der Waals surface area contributed by atoms with Gasteiger partial charge < -0.3 is 9.64 Å². The Morgan fingerprint density at radius 2 is 1.88 bits per heavy atom. The standard InChI is InChI=1S/C37H42FN3O6S2/c1-36(17-18-36)49(45,46)40-34(44)37-21-26(37)13-6-4-2-3-5-12-25(19-24-11-7-8-14-28(24)38)33(43)41-23-27(20-30(41)31(42)22-37)47-35-39-29-15-9-10-16-32(29)48-35/h6-11,13-16,25-27,30H,2-5,12,17-23H2,1H3,(H,40,44)/b13-6-/t25-,26-,27-,30+,37-/m1/s1. The molecule has 1 aromatic heterocycles. The number of ether oxygens (including phenoxy) is 1. The highest BCUT2D eigenvalue weighted by atomic mass is 32.2. The lowest BCUT2D eigenvalue weighted by molar-refractivity contribution is -0.142. The summed E-state index contributed by atoms with van der Waals surface area (Å²) in [6, 6.07) is 13.2. The van der Waals surface area contributed by atoms with Crippen molar-refractivity contribution in [1.82, 2.24) is 14.6 Å². The molecule has 3 heterocycles. The largest absolute Gasteiger partial charge is 0.465 e. The number of rotatable bonds is 7. The second-order valence-electron chi connectivity index (χ2n) is 14.5. The first-order valence-corrected chi connectivity index (χ1v) is 19.6. The van der Waals surface area contributed by atoms with E-state index in [1.54, 1.807) is 30.0 Å². The molecular weight excluding hydrogens is 666 g/mol. The Hall–Kier alpha value is -3.64. The number of carbonyl (C=O) groups excluding carboxylic acids is 3. The number of halogens is 1. The van der Waals surface area contributed by atoms with E-state index in [1.807, 2.05) is 36.4 Å². The van der Waals surface area contributed by atoms with Crippen molar-refractivity contribution in [2.24, 2.45) is 17.3 Å². The first-order chi connectivity index (χ1) is 23.5. The van der Waals surface area contributed by atoms with Crippen LogP contribution in [-0.4, -0.2) is 59.3 Å². The molecule has 0 unspecified atom stereocenters. The number of amides is 2. The zero-order chi connectivity index (χ0) is 34.4. The molecule has 0 radical (unpaired) electrons. The van der Waals surface area contributed by atoms with Crippen LogP contribution in [0.4, 0.5) is 4.39 Å². The predicted molar refractivity (Wildman–Crippen MR) is 185 cm³/mol. The first-order valence-electron chi connectivity index (χ1n) is 17.3. The lowest BCUT2D eigenvalue weighted by atomic mass is 9.90. The zero-order valence-electron chi connectivity index (χ0n) is 27.6. The van der Waals surface area contributed by atoms with Gasteiger partial charge >= 0.3 is 0 Å². The molecular formula is C37H42FN3O6S2. The fourth-order valence-corrected chi connectivity index (χ4v) is 9.61. The normalized spacial score (nSPS) is 29.3. The maximum absolute atomic E-state index is 14.9. The third-order valence-electron chi connectivity index (χ3n) is 10.9. The third-order valence-corrected chi connectivity index (χ3v) is 14.0. The SMILES string of the molecule is CC1(S(=O)(=O)NC(=O)[C@]23CC(=O)[C@@H]4C[C@@H](Oc5nc6ccccc6s5)CN4C(=O)[C@@H](Cc4ccccc4F)CCCCC/C=C\[C@@H]2C3)CC1. The van der Waals surface area contributed by atoms with E-state index < -0.39 is 44.2 Å². The summed E-state index contributed by atoms with van der Waals surface area (Å²) >= 11 is 1.39. The molecule has 9 nitrogen and oxygen atoms in total. The van der Waals surface area contributed by atoms with Gasteiger partial charge in [0.15, 0.2) is 5.78 Å². The Labute approximate surface area is 290 Å². The summed E-state index contributed by atoms with van der Waals surface area (Å²) in [4.78, 5) is 48.8. The van der Waals surface area contributed by atoms with Crippen molar-refractivity contribution in [3.8, 4) is 5.19 Å². The number of sulfonamides is 1. The quantitative estimate of drug-likeness (QED) is 0.294. The highest BCUT2D eigenvalue weighted by molar-refractivity contribution is 7.91. The number of Topliss-reactive ketones (excluding diaryl/α,β-unsaturated/α-hetero) is 1. The molecule has 3 aromatic rings. The molecule has 3 fully saturated rings. The van der Waals surface area contributed by atoms with Gasteiger partial charge in [-0.05, 0) is 81.5 Å². The average Bonchev–Trinajstić information content (AvgIpc) is 3.88. The van der Waals surface area contributed by atoms with Gasteiger partial charge in [0.05, 0.1) is 33.0 Å². The molecule has 12 heteroatoms. The fourth-order valence-electron chi connectivity index (χ4n) is 7.39. The number of fused-ring (bicyclic) bond motifs is 3. The molecule has 260 valence electrons. The van der Waals surface area contributed by atoms with Crippen LogP contribution in [0.3, 0.4) is 0 Å². The van der Waals surface area contributed by atoms with Gasteiger partial charge in [0, 0.05) is 18.8 Å². The van der Waals surface area contributed by atoms with Crippen LogP contribution in [0.15, 0.2) is 60.7 Å². The molecule has 49 heavy (non-hydrogen) atoms. The second kappa shape index (κ2) is 13.2. The molecule has 5 atom stereocenters. The molecule has 2 amide bonds. The number of thiazole rings is 1. The second-order valence-corrected chi connectivity index (χ2v) is 17.7. The summed E-state index contributed by atoms with van der Waals surface area (Å²) in [5, 5.41) is 0.443. The van der Waals surface area contributed by atoms with Gasteiger partial charge in [-0.15, -0.1) is 0 Å². The summed E-state index contributed by atoms with van der Waals surface area (Å²) in [7, 11) is -3.91. The molecule has 2 aromatic carbocycles. The van der Waals surface area contributed by atoms with E-state index in [1.165, 1.54) is 17.4 Å². The average molecular weight is 708 g/mol. The van der Waals surface area contributed by atoms with E-state index >= 15 is 0 Å². The Morgan fingerprint density at radius 3 is 2.65 bits per heavy atom. The highest BCUT2D eigenvalue weighted by Gasteiger charge is 2.62. The van der Waals surface area contributed by atoms with E-state index in [-0.39, 0.29) is 49.2 Å². The Balaban J connectivity index is 1.19. The van der Waals surface area contributed by atoms with Crippen LogP contribution in [-0.2, 0) is 30.8 Å². The summed E-state index contributed by atoms with van der Waals surface area (Å²) in [6.07, 6.45) is 8.81. The minimum absolute atomic E-state index is 0.147. The molecule has 0 bridgehead atoms. The lowest BCUT2D eigenvalue weighted by Gasteiger charge is -2.29. The Bertz CT molecular complexity index is 1870. The van der Waals surface area contributed by atoms with Crippen LogP contribution in [0.25, 0.3) is 10.2 Å². The third kappa shape index (κ3) is 6.91. The number of hydrogen-bond acceptors (Lipinski definition) is 8. The van der Waals surface area contributed by atoms with Gasteiger partial charge in [-0.3, -0.25) is 19.1 Å². The van der Waals surface area contributed by atoms with Crippen LogP contribution >= 0.6 is 11.3 Å². The topological polar surface area (TPSA) is 123 Å². The van der Waals surface area contributed by atoms with E-state index in [0.29, 0.717) is 36.4 Å². The lowest BCUT2D eigenvalue weighted by Crippen LogP contribution is -2.47. The zero-order valence-corrected chi connectivity index (χ0v) is 29.2. The molecule has 2 saturated carbocycles. The van der Waals surface area contributed by atoms with Crippen molar-refractivity contribution in [1.29, 1.82) is 0 Å². The minimum Gasteiger partial charge on any atom is -0.465 e. The number of ketones is 1. The predicted octanol–water partition coefficient (Wildman–Crippen LogP) is 6.13. The van der Waals surface area contributed by atoms with Gasteiger partial charge in [0.25, 0.3) is 5.19 Å². The van der Waals surface area contributed by atoms with E-state index in [2.05, 4.69) is 9.71 Å². The van der Waals surface area contributed by atoms with Gasteiger partial charge in [-0.25, -0.2) is 17.8 Å². The van der Waals surface area contributed by atoms with E-state index in [9.17, 15) is 27.2 Å². The van der Waals surface area contributed by atoms with Crippen LogP contribution in [0, 0.1) is 23.1 Å². The number of hydrogen-bond donors (Lipinski definition) is 1. The van der Waals surface area contributed by atoms with Crippen molar-refractivity contribution in [2.75, 3.05) is 6.54 Å². The van der Waals surface area contributed by atoms with Crippen molar-refractivity contribution in [2.45, 2.75) is 94.4 Å². The van der Waals surface area contributed by atoms with Crippen LogP contribution in [0.1, 0.15) is 76.7 Å². The monoisotopic (exact) mass is 707 g/mol. The van der Waals surface area contributed by atoms with Crippen LogP contribution in [0.2, 0.25) is 0 Å². The molecule has 0 spiro atoms. The molecule has 1 N–H and O–H groups in total. The van der Waals surface area contributed by atoms with Crippen molar-refractivity contribution >= 4 is 49.2 Å². The summed E-state index contributed by atoms with van der Waals surface area (Å²) in [5.41, 5.74) is 0.0376. The van der Waals surface area contributed by atoms with Crippen molar-refractivity contribution < 1.29 is 31.9 Å². The summed E-state index contributed by atoms with van der Waals surface area (Å²) in [5.74, 6) is -2.39. The maximum Gasteiger partial charge on any atom is 0.274 e. The maximum atomic E-state index is 14.9. The van der Waals surface area contributed by atoms with Gasteiger partial charge in [0.2, 0.25) is 21.8 Å². The van der Waals surface area contributed by atoms with Crippen molar-refractivity contribution in [3.63, 3.8) is 0 Å². The fraction of sp³-hybridized carbons (Fsp3) is 0.514. The smallest absolute Gasteiger partial charge is 0.274 e. The molecule has 2 aliphatic carbocycles. The van der Waals surface area contributed by atoms with Crippen LogP contribution in [0.5, 0.6) is 5.19 Å². The molecule has 7 rings (SSSR count). The number of nitrogens with one attached hydrogen (secondary N) is 1. The summed E-state index contributed by atoms with van der Waals surface area (Å²) in [6.45, 7) is 1.77. The number of aromatic nitrogens is 1. The van der Waals surface area contributed by atoms with Gasteiger partial charge in [-0.2, -0.15) is 0 Å². The molecule has 4 aliphatic rings. The van der Waals surface area contributed by atoms with Gasteiger partial charge in [-0.1, -0.05) is 66.7 Å². The van der Waals surface area contributed by atoms with Crippen molar-refractivity contribution in [3.05, 3.63) is 72.1 Å². The number of nitrogens with zero attached hydrogens (tertiary/aromatic N) is 2. The Kier molecular flexibility index (Phi) is 9.14. The first kappa shape index (κ1) is 33.8. The number of benzene rings is 2. The van der Waals surface area contributed by atoms with E-state index in [4.69, 9.17) is 4.74 Å². The number of para-hydroxylation sites is 1. The van der Waals surface area contributed by atoms with E-state index in [0.717, 1.165) is 35.9 Å². The minimum atomic E-state index is -3.91. The molecule has 1 saturated heterocycles. The highest BCUT2D eigenvalue weighted by Crippen LogP contribution is 2.57. The molecule has 2 aliphatic heterocycles. The van der Waals surface area contributed by atoms with Crippen LogP contribution < -0.4 is 9.46 Å².